The van der Waals surface area contributed by atoms with E-state index < -0.39 is 0 Å². The van der Waals surface area contributed by atoms with Crippen LogP contribution in [0, 0.1) is 5.41 Å². The SMILES string of the molecule is C=CC1(C)c2ccccc2N2c3nccnc3N(c3ccccc3C(C)C)C2C1(C)C. The van der Waals surface area contributed by atoms with E-state index in [2.05, 4.69) is 106 Å². The average Bonchev–Trinajstić information content (AvgIpc) is 3.13. The van der Waals surface area contributed by atoms with Gasteiger partial charge in [0.2, 0.25) is 0 Å². The molecular formula is C27H30N4. The zero-order chi connectivity index (χ0) is 22.0. The van der Waals surface area contributed by atoms with Crippen molar-refractivity contribution in [1.82, 2.24) is 9.97 Å². The van der Waals surface area contributed by atoms with E-state index >= 15 is 0 Å². The summed E-state index contributed by atoms with van der Waals surface area (Å²) in [5, 5.41) is 0. The summed E-state index contributed by atoms with van der Waals surface area (Å²) in [6.07, 6.45) is 5.74. The zero-order valence-corrected chi connectivity index (χ0v) is 19.0. The number of fused-ring (bicyclic) bond motifs is 5. The molecule has 0 saturated carbocycles. The molecule has 0 amide bonds. The fourth-order valence-electron chi connectivity index (χ4n) is 5.45. The number of anilines is 4. The fourth-order valence-corrected chi connectivity index (χ4v) is 5.45. The Hall–Kier alpha value is -3.14. The second-order valence-corrected chi connectivity index (χ2v) is 9.68. The number of hydrogen-bond acceptors (Lipinski definition) is 4. The standard InChI is InChI=1S/C27H30N4/c1-7-27(6)20-13-9-11-15-22(20)31-24-23(28-16-17-29-24)30(25(31)26(27,4)5)21-14-10-8-12-19(21)18(2)3/h7-18,25H,1H2,2-6H3. The monoisotopic (exact) mass is 410 g/mol. The molecular weight excluding hydrogens is 380 g/mol. The van der Waals surface area contributed by atoms with Crippen LogP contribution in [0.2, 0.25) is 0 Å². The Labute approximate surface area is 185 Å². The van der Waals surface area contributed by atoms with Crippen LogP contribution in [0.4, 0.5) is 23.0 Å². The zero-order valence-electron chi connectivity index (χ0n) is 19.0. The summed E-state index contributed by atoms with van der Waals surface area (Å²) in [5.74, 6) is 2.23. The third-order valence-corrected chi connectivity index (χ3v) is 7.54. The summed E-state index contributed by atoms with van der Waals surface area (Å²) in [5.41, 5.74) is 4.57. The van der Waals surface area contributed by atoms with Crippen molar-refractivity contribution in [3.8, 4) is 0 Å². The van der Waals surface area contributed by atoms with Gasteiger partial charge in [-0.2, -0.15) is 0 Å². The number of para-hydroxylation sites is 2. The second-order valence-electron chi connectivity index (χ2n) is 9.68. The van der Waals surface area contributed by atoms with Gasteiger partial charge in [-0.15, -0.1) is 6.58 Å². The van der Waals surface area contributed by atoms with Crippen LogP contribution in [0.5, 0.6) is 0 Å². The highest BCUT2D eigenvalue weighted by atomic mass is 15.5. The first-order chi connectivity index (χ1) is 14.8. The summed E-state index contributed by atoms with van der Waals surface area (Å²) < 4.78 is 0. The molecule has 0 fully saturated rings. The van der Waals surface area contributed by atoms with Crippen molar-refractivity contribution in [3.05, 3.63) is 84.7 Å². The van der Waals surface area contributed by atoms with Crippen molar-refractivity contribution >= 4 is 23.0 Å². The van der Waals surface area contributed by atoms with Crippen molar-refractivity contribution in [3.63, 3.8) is 0 Å². The number of aromatic nitrogens is 2. The highest BCUT2D eigenvalue weighted by molar-refractivity contribution is 5.87. The molecule has 3 heterocycles. The van der Waals surface area contributed by atoms with E-state index in [4.69, 9.17) is 9.97 Å². The van der Waals surface area contributed by atoms with Gasteiger partial charge in [-0.05, 0) is 29.2 Å². The van der Waals surface area contributed by atoms with Crippen LogP contribution in [0.3, 0.4) is 0 Å². The first kappa shape index (κ1) is 19.8. The minimum Gasteiger partial charge on any atom is -0.301 e. The molecule has 5 rings (SSSR count). The summed E-state index contributed by atoms with van der Waals surface area (Å²) in [4.78, 5) is 14.5. The Bertz CT molecular complexity index is 1170. The molecule has 2 aromatic carbocycles. The first-order valence-corrected chi connectivity index (χ1v) is 11.0. The van der Waals surface area contributed by atoms with Crippen LogP contribution in [-0.4, -0.2) is 16.1 Å². The lowest BCUT2D eigenvalue weighted by molar-refractivity contribution is 0.170. The van der Waals surface area contributed by atoms with Crippen molar-refractivity contribution in [2.45, 2.75) is 52.1 Å². The summed E-state index contributed by atoms with van der Waals surface area (Å²) >= 11 is 0. The van der Waals surface area contributed by atoms with Crippen LogP contribution in [-0.2, 0) is 5.41 Å². The predicted molar refractivity (Wildman–Crippen MR) is 128 cm³/mol. The molecule has 2 aliphatic rings. The maximum Gasteiger partial charge on any atom is 0.178 e. The van der Waals surface area contributed by atoms with Gasteiger partial charge in [0.05, 0.1) is 0 Å². The molecule has 0 saturated heterocycles. The molecule has 4 heteroatoms. The maximum atomic E-state index is 4.85. The Morgan fingerprint density at radius 1 is 0.871 bits per heavy atom. The van der Waals surface area contributed by atoms with Crippen molar-refractivity contribution in [1.29, 1.82) is 0 Å². The molecule has 31 heavy (non-hydrogen) atoms. The quantitative estimate of drug-likeness (QED) is 0.450. The molecule has 4 nitrogen and oxygen atoms in total. The molecule has 0 aliphatic carbocycles. The topological polar surface area (TPSA) is 32.3 Å². The largest absolute Gasteiger partial charge is 0.301 e. The third kappa shape index (κ3) is 2.48. The maximum absolute atomic E-state index is 4.85. The van der Waals surface area contributed by atoms with Gasteiger partial charge in [-0.25, -0.2) is 9.97 Å². The van der Waals surface area contributed by atoms with E-state index in [0.29, 0.717) is 5.92 Å². The van der Waals surface area contributed by atoms with Gasteiger partial charge < -0.3 is 9.80 Å². The van der Waals surface area contributed by atoms with E-state index in [-0.39, 0.29) is 17.0 Å². The van der Waals surface area contributed by atoms with Crippen molar-refractivity contribution in [2.24, 2.45) is 5.41 Å². The average molecular weight is 411 g/mol. The van der Waals surface area contributed by atoms with Crippen molar-refractivity contribution in [2.75, 3.05) is 9.80 Å². The van der Waals surface area contributed by atoms with Gasteiger partial charge in [0.25, 0.3) is 0 Å². The molecule has 1 aromatic heterocycles. The molecule has 158 valence electrons. The molecule has 0 N–H and O–H groups in total. The number of rotatable bonds is 3. The summed E-state index contributed by atoms with van der Waals surface area (Å²) in [6, 6.07) is 17.4. The summed E-state index contributed by atoms with van der Waals surface area (Å²) in [6.45, 7) is 15.8. The van der Waals surface area contributed by atoms with Crippen LogP contribution in [0.25, 0.3) is 0 Å². The highest BCUT2D eigenvalue weighted by Gasteiger charge is 2.59. The van der Waals surface area contributed by atoms with E-state index in [0.717, 1.165) is 11.6 Å². The molecule has 0 spiro atoms. The van der Waals surface area contributed by atoms with Crippen molar-refractivity contribution < 1.29 is 0 Å². The smallest absolute Gasteiger partial charge is 0.178 e. The normalized spacial score (nSPS) is 23.4. The van der Waals surface area contributed by atoms with Crippen LogP contribution in [0.1, 0.15) is 51.7 Å². The van der Waals surface area contributed by atoms with Crippen LogP contribution < -0.4 is 9.80 Å². The number of nitrogens with zero attached hydrogens (tertiary/aromatic N) is 4. The van der Waals surface area contributed by atoms with Gasteiger partial charge in [0, 0.05) is 34.6 Å². The summed E-state index contributed by atoms with van der Waals surface area (Å²) in [7, 11) is 0. The Morgan fingerprint density at radius 2 is 1.42 bits per heavy atom. The number of benzene rings is 2. The Morgan fingerprint density at radius 3 is 2.03 bits per heavy atom. The minimum absolute atomic E-state index is 0.0164. The molecule has 2 unspecified atom stereocenters. The van der Waals surface area contributed by atoms with Crippen LogP contribution >= 0.6 is 0 Å². The van der Waals surface area contributed by atoms with Gasteiger partial charge in [-0.3, -0.25) is 0 Å². The predicted octanol–water partition coefficient (Wildman–Crippen LogP) is 6.70. The van der Waals surface area contributed by atoms with Gasteiger partial charge in [-0.1, -0.05) is 77.1 Å². The molecule has 0 radical (unpaired) electrons. The van der Waals surface area contributed by atoms with Gasteiger partial charge >= 0.3 is 0 Å². The highest BCUT2D eigenvalue weighted by Crippen LogP contribution is 2.61. The number of allylic oxidation sites excluding steroid dienone is 1. The lowest BCUT2D eigenvalue weighted by Gasteiger charge is -2.56. The first-order valence-electron chi connectivity index (χ1n) is 11.0. The molecule has 2 aliphatic heterocycles. The second kappa shape index (κ2) is 6.68. The van der Waals surface area contributed by atoms with E-state index in [1.807, 2.05) is 0 Å². The van der Waals surface area contributed by atoms with Gasteiger partial charge in [0.1, 0.15) is 6.17 Å². The van der Waals surface area contributed by atoms with E-state index in [1.165, 1.54) is 22.5 Å². The van der Waals surface area contributed by atoms with E-state index in [9.17, 15) is 0 Å². The Kier molecular flexibility index (Phi) is 4.27. The van der Waals surface area contributed by atoms with E-state index in [1.54, 1.807) is 12.4 Å². The lowest BCUT2D eigenvalue weighted by atomic mass is 9.58. The molecule has 3 aromatic rings. The molecule has 0 bridgehead atoms. The minimum atomic E-state index is -0.224. The molecule has 2 atom stereocenters. The fraction of sp³-hybridized carbons (Fsp3) is 0.333. The Balaban J connectivity index is 1.86. The van der Waals surface area contributed by atoms with Gasteiger partial charge in [0.15, 0.2) is 11.6 Å². The lowest BCUT2D eigenvalue weighted by Crippen LogP contribution is -2.60. The third-order valence-electron chi connectivity index (χ3n) is 7.54. The van der Waals surface area contributed by atoms with Crippen LogP contribution in [0.15, 0.2) is 73.6 Å². The number of hydrogen-bond donors (Lipinski definition) is 0.